The first-order chi connectivity index (χ1) is 11.3. The van der Waals surface area contributed by atoms with Crippen molar-refractivity contribution in [2.45, 2.75) is 33.7 Å². The van der Waals surface area contributed by atoms with E-state index in [9.17, 15) is 14.7 Å². The second kappa shape index (κ2) is 5.98. The van der Waals surface area contributed by atoms with E-state index in [0.29, 0.717) is 24.1 Å². The number of fused-ring (bicyclic) bond motifs is 1. The van der Waals surface area contributed by atoms with Gasteiger partial charge in [0.2, 0.25) is 0 Å². The molecule has 0 spiro atoms. The molecule has 1 aromatic carbocycles. The number of nitrogens with zero attached hydrogens (tertiary/aromatic N) is 1. The molecule has 3 rings (SSSR count). The zero-order chi connectivity index (χ0) is 17.6. The van der Waals surface area contributed by atoms with Gasteiger partial charge in [0, 0.05) is 17.8 Å². The number of aryl methyl sites for hydroxylation is 3. The van der Waals surface area contributed by atoms with E-state index in [1.165, 1.54) is 0 Å². The van der Waals surface area contributed by atoms with Gasteiger partial charge in [-0.15, -0.1) is 0 Å². The second-order valence-electron chi connectivity index (χ2n) is 6.30. The number of carbonyl (C=O) groups excluding carboxylic acids is 1. The van der Waals surface area contributed by atoms with Gasteiger partial charge in [-0.25, -0.2) is 0 Å². The minimum atomic E-state index is -0.250. The van der Waals surface area contributed by atoms with Crippen LogP contribution in [0.25, 0.3) is 0 Å². The van der Waals surface area contributed by atoms with Gasteiger partial charge in [-0.1, -0.05) is 11.6 Å². The molecular formula is C18H19ClN2O3. The predicted molar refractivity (Wildman–Crippen MR) is 92.8 cm³/mol. The summed E-state index contributed by atoms with van der Waals surface area (Å²) in [6, 6.07) is 3.47. The minimum absolute atomic E-state index is 0.0832. The van der Waals surface area contributed by atoms with Crippen LogP contribution in [0.5, 0.6) is 5.75 Å². The quantitative estimate of drug-likeness (QED) is 0.878. The van der Waals surface area contributed by atoms with Crippen LogP contribution in [-0.2, 0) is 13.0 Å². The van der Waals surface area contributed by atoms with E-state index < -0.39 is 0 Å². The third-order valence-electron chi connectivity index (χ3n) is 4.55. The van der Waals surface area contributed by atoms with Crippen LogP contribution in [0.1, 0.15) is 38.3 Å². The topological polar surface area (TPSA) is 73.4 Å². The Morgan fingerprint density at radius 2 is 1.92 bits per heavy atom. The van der Waals surface area contributed by atoms with Gasteiger partial charge in [-0.05, 0) is 56.0 Å². The zero-order valence-corrected chi connectivity index (χ0v) is 14.6. The molecule has 0 saturated carbocycles. The van der Waals surface area contributed by atoms with E-state index >= 15 is 0 Å². The maximum Gasteiger partial charge on any atom is 0.256 e. The molecule has 0 atom stereocenters. The Labute approximate surface area is 144 Å². The van der Waals surface area contributed by atoms with Crippen LogP contribution in [0.15, 0.2) is 16.9 Å². The van der Waals surface area contributed by atoms with Crippen molar-refractivity contribution in [2.24, 2.45) is 0 Å². The first-order valence-electron chi connectivity index (χ1n) is 7.79. The van der Waals surface area contributed by atoms with E-state index in [4.69, 9.17) is 11.6 Å². The molecule has 1 aromatic heterocycles. The van der Waals surface area contributed by atoms with Crippen LogP contribution in [0.4, 0.5) is 0 Å². The Morgan fingerprint density at radius 1 is 1.21 bits per heavy atom. The van der Waals surface area contributed by atoms with Gasteiger partial charge >= 0.3 is 0 Å². The molecule has 2 N–H and O–H groups in total. The monoisotopic (exact) mass is 346 g/mol. The van der Waals surface area contributed by atoms with Gasteiger partial charge in [0.15, 0.2) is 0 Å². The largest absolute Gasteiger partial charge is 0.506 e. The number of phenols is 1. The Bertz CT molecular complexity index is 902. The Morgan fingerprint density at radius 3 is 2.58 bits per heavy atom. The highest BCUT2D eigenvalue weighted by molar-refractivity contribution is 6.35. The third kappa shape index (κ3) is 2.69. The SMILES string of the molecule is Cc1cc(C)c(CN2CCc3c(C)cc(O)c(Cl)c3C2=O)c(=O)[nH]1. The molecule has 0 fully saturated rings. The number of benzene rings is 1. The van der Waals surface area contributed by atoms with Crippen molar-refractivity contribution in [3.8, 4) is 5.75 Å². The van der Waals surface area contributed by atoms with Crippen molar-refractivity contribution in [1.82, 2.24) is 9.88 Å². The van der Waals surface area contributed by atoms with Crippen molar-refractivity contribution in [3.63, 3.8) is 0 Å². The Kier molecular flexibility index (Phi) is 4.13. The summed E-state index contributed by atoms with van der Waals surface area (Å²) in [6.45, 7) is 6.28. The lowest BCUT2D eigenvalue weighted by Crippen LogP contribution is -2.39. The van der Waals surface area contributed by atoms with Gasteiger partial charge in [0.1, 0.15) is 5.75 Å². The molecular weight excluding hydrogens is 328 g/mol. The maximum absolute atomic E-state index is 12.9. The van der Waals surface area contributed by atoms with E-state index in [2.05, 4.69) is 4.98 Å². The van der Waals surface area contributed by atoms with Gasteiger partial charge < -0.3 is 15.0 Å². The van der Waals surface area contributed by atoms with Crippen molar-refractivity contribution in [1.29, 1.82) is 0 Å². The lowest BCUT2D eigenvalue weighted by atomic mass is 9.93. The summed E-state index contributed by atoms with van der Waals surface area (Å²) < 4.78 is 0. The molecule has 2 heterocycles. The number of hydrogen-bond donors (Lipinski definition) is 2. The number of aromatic nitrogens is 1. The number of phenolic OH excluding ortho intramolecular Hbond substituents is 1. The van der Waals surface area contributed by atoms with E-state index in [1.807, 2.05) is 26.8 Å². The van der Waals surface area contributed by atoms with Crippen LogP contribution in [0, 0.1) is 20.8 Å². The highest BCUT2D eigenvalue weighted by Crippen LogP contribution is 2.36. The van der Waals surface area contributed by atoms with Crippen LogP contribution in [0.2, 0.25) is 5.02 Å². The number of amides is 1. The molecule has 0 unspecified atom stereocenters. The molecule has 5 nitrogen and oxygen atoms in total. The number of aromatic amines is 1. The zero-order valence-electron chi connectivity index (χ0n) is 13.9. The van der Waals surface area contributed by atoms with Crippen LogP contribution in [0.3, 0.4) is 0 Å². The summed E-state index contributed by atoms with van der Waals surface area (Å²) in [5, 5.41) is 9.99. The van der Waals surface area contributed by atoms with Gasteiger partial charge in [-0.2, -0.15) is 0 Å². The fourth-order valence-corrected chi connectivity index (χ4v) is 3.53. The van der Waals surface area contributed by atoms with Crippen LogP contribution in [-0.4, -0.2) is 27.4 Å². The number of nitrogens with one attached hydrogen (secondary N) is 1. The van der Waals surface area contributed by atoms with Crippen LogP contribution >= 0.6 is 11.6 Å². The Hall–Kier alpha value is -2.27. The van der Waals surface area contributed by atoms with Gasteiger partial charge in [-0.3, -0.25) is 9.59 Å². The summed E-state index contributed by atoms with van der Waals surface area (Å²) in [5.74, 6) is -0.341. The molecule has 1 aliphatic rings. The highest BCUT2D eigenvalue weighted by atomic mass is 35.5. The predicted octanol–water partition coefficient (Wildman–Crippen LogP) is 2.86. The average molecular weight is 347 g/mol. The fourth-order valence-electron chi connectivity index (χ4n) is 3.28. The van der Waals surface area contributed by atoms with Crippen molar-refractivity contribution < 1.29 is 9.90 Å². The minimum Gasteiger partial charge on any atom is -0.506 e. The molecule has 0 radical (unpaired) electrons. The number of pyridine rings is 1. The summed E-state index contributed by atoms with van der Waals surface area (Å²) in [7, 11) is 0. The first kappa shape index (κ1) is 16.6. The number of rotatable bonds is 2. The number of carbonyl (C=O) groups is 1. The molecule has 6 heteroatoms. The van der Waals surface area contributed by atoms with Crippen molar-refractivity contribution >= 4 is 17.5 Å². The van der Waals surface area contributed by atoms with Gasteiger partial charge in [0.25, 0.3) is 11.5 Å². The maximum atomic E-state index is 12.9. The number of H-pyrrole nitrogens is 1. The average Bonchev–Trinajstić information content (AvgIpc) is 2.49. The fraction of sp³-hybridized carbons (Fsp3) is 0.333. The van der Waals surface area contributed by atoms with E-state index in [-0.39, 0.29) is 28.8 Å². The van der Waals surface area contributed by atoms with Crippen LogP contribution < -0.4 is 5.56 Å². The van der Waals surface area contributed by atoms with Crippen molar-refractivity contribution in [2.75, 3.05) is 6.54 Å². The number of hydrogen-bond acceptors (Lipinski definition) is 3. The lowest BCUT2D eigenvalue weighted by Gasteiger charge is -2.30. The normalized spacial score (nSPS) is 14.0. The van der Waals surface area contributed by atoms with Crippen molar-refractivity contribution in [3.05, 3.63) is 61.0 Å². The molecule has 1 aliphatic heterocycles. The molecule has 2 aromatic rings. The standard InChI is InChI=1S/C18H19ClN2O3/c1-9-6-11(3)20-17(23)13(9)8-21-5-4-12-10(2)7-14(22)16(19)15(12)18(21)24/h6-7,22H,4-5,8H2,1-3H3,(H,20,23). The van der Waals surface area contributed by atoms with E-state index in [1.54, 1.807) is 11.0 Å². The second-order valence-corrected chi connectivity index (χ2v) is 6.68. The first-order valence-corrected chi connectivity index (χ1v) is 8.17. The molecule has 0 saturated heterocycles. The molecule has 1 amide bonds. The molecule has 0 aliphatic carbocycles. The molecule has 0 bridgehead atoms. The summed E-state index contributed by atoms with van der Waals surface area (Å²) in [4.78, 5) is 29.4. The summed E-state index contributed by atoms with van der Waals surface area (Å²) in [5.41, 5.74) is 4.11. The molecule has 126 valence electrons. The van der Waals surface area contributed by atoms with Gasteiger partial charge in [0.05, 0.1) is 17.1 Å². The summed E-state index contributed by atoms with van der Waals surface area (Å²) in [6.07, 6.45) is 0.649. The third-order valence-corrected chi connectivity index (χ3v) is 4.93. The number of aromatic hydroxyl groups is 1. The lowest BCUT2D eigenvalue weighted by molar-refractivity contribution is 0.0725. The van der Waals surface area contributed by atoms with E-state index in [0.717, 1.165) is 22.4 Å². The Balaban J connectivity index is 2.00. The molecule has 24 heavy (non-hydrogen) atoms. The highest BCUT2D eigenvalue weighted by Gasteiger charge is 2.30. The number of halogens is 1. The smallest absolute Gasteiger partial charge is 0.256 e. The summed E-state index contributed by atoms with van der Waals surface area (Å²) >= 11 is 6.16.